The van der Waals surface area contributed by atoms with Crippen molar-refractivity contribution < 1.29 is 23.4 Å². The van der Waals surface area contributed by atoms with E-state index in [0.717, 1.165) is 6.07 Å². The van der Waals surface area contributed by atoms with Crippen LogP contribution in [0.4, 0.5) is 19.3 Å². The highest BCUT2D eigenvalue weighted by Gasteiger charge is 2.18. The first-order valence-electron chi connectivity index (χ1n) is 8.69. The Balaban J connectivity index is 1.84. The summed E-state index contributed by atoms with van der Waals surface area (Å²) >= 11 is 6.01. The number of nitrogen functional groups attached to an aromatic ring is 1. The van der Waals surface area contributed by atoms with Crippen molar-refractivity contribution in [2.45, 2.75) is 0 Å². The van der Waals surface area contributed by atoms with Crippen molar-refractivity contribution in [1.82, 2.24) is 4.98 Å². The van der Waals surface area contributed by atoms with Gasteiger partial charge in [-0.05, 0) is 35.9 Å². The molecule has 0 amide bonds. The lowest BCUT2D eigenvalue weighted by Gasteiger charge is -2.13. The third-order valence-electron chi connectivity index (χ3n) is 4.53. The Hall–Kier alpha value is -3.71. The second kappa shape index (κ2) is 7.61. The fourth-order valence-electron chi connectivity index (χ4n) is 3.17. The maximum Gasteiger partial charge on any atom is 0.511 e. The van der Waals surface area contributed by atoms with Crippen LogP contribution in [-0.2, 0) is 0 Å². The number of rotatable bonds is 3. The first-order chi connectivity index (χ1) is 14.3. The van der Waals surface area contributed by atoms with Crippen molar-refractivity contribution in [2.24, 2.45) is 0 Å². The molecule has 3 aromatic carbocycles. The van der Waals surface area contributed by atoms with Gasteiger partial charge in [0, 0.05) is 27.6 Å². The predicted octanol–water partition coefficient (Wildman–Crippen LogP) is 6.14. The summed E-state index contributed by atoms with van der Waals surface area (Å²) in [5.41, 5.74) is 8.27. The Kier molecular flexibility index (Phi) is 4.97. The molecule has 0 atom stereocenters. The van der Waals surface area contributed by atoms with E-state index in [-0.39, 0.29) is 17.0 Å². The lowest BCUT2D eigenvalue weighted by molar-refractivity contribution is 0.145. The molecule has 0 radical (unpaired) electrons. The van der Waals surface area contributed by atoms with Crippen molar-refractivity contribution in [3.05, 3.63) is 77.3 Å². The van der Waals surface area contributed by atoms with Crippen molar-refractivity contribution in [3.8, 4) is 28.1 Å². The molecule has 0 bridgehead atoms. The number of ether oxygens (including phenoxy) is 1. The second-order valence-corrected chi connectivity index (χ2v) is 6.87. The molecule has 4 aromatic rings. The van der Waals surface area contributed by atoms with E-state index in [1.165, 1.54) is 18.2 Å². The number of fused-ring (bicyclic) bond motifs is 1. The summed E-state index contributed by atoms with van der Waals surface area (Å²) in [6, 6.07) is 14.7. The summed E-state index contributed by atoms with van der Waals surface area (Å²) in [7, 11) is 0. The van der Waals surface area contributed by atoms with Crippen LogP contribution in [0.1, 0.15) is 0 Å². The maximum atomic E-state index is 14.0. The number of hydrogen-bond donors (Lipinski definition) is 2. The van der Waals surface area contributed by atoms with Crippen LogP contribution in [0.2, 0.25) is 5.02 Å². The second-order valence-electron chi connectivity index (χ2n) is 6.43. The van der Waals surface area contributed by atoms with Crippen LogP contribution < -0.4 is 10.5 Å². The van der Waals surface area contributed by atoms with Gasteiger partial charge >= 0.3 is 6.16 Å². The molecule has 150 valence electrons. The van der Waals surface area contributed by atoms with E-state index < -0.39 is 17.8 Å². The summed E-state index contributed by atoms with van der Waals surface area (Å²) in [5.74, 6) is -1.41. The third kappa shape index (κ3) is 3.62. The number of nitrogens with two attached hydrogens (primary N) is 1. The van der Waals surface area contributed by atoms with E-state index in [2.05, 4.69) is 4.98 Å². The van der Waals surface area contributed by atoms with Crippen molar-refractivity contribution in [1.29, 1.82) is 0 Å². The number of carboxylic acid groups (broad SMARTS) is 1. The van der Waals surface area contributed by atoms with Crippen LogP contribution in [0, 0.1) is 11.6 Å². The minimum atomic E-state index is -1.53. The lowest BCUT2D eigenvalue weighted by atomic mass is 10.0. The van der Waals surface area contributed by atoms with Gasteiger partial charge in [-0.25, -0.2) is 18.6 Å². The molecule has 1 aromatic heterocycles. The number of hydrogen-bond acceptors (Lipinski definition) is 4. The van der Waals surface area contributed by atoms with Gasteiger partial charge in [0.1, 0.15) is 17.3 Å². The average Bonchev–Trinajstić information content (AvgIpc) is 2.70. The SMILES string of the molecule is Nc1c(-c2ccc(-c3ccc(F)cc3F)cc2)nc2ccc(Cl)cc2c1OC(=O)O. The topological polar surface area (TPSA) is 85.4 Å². The van der Waals surface area contributed by atoms with Gasteiger partial charge in [-0.2, -0.15) is 0 Å². The van der Waals surface area contributed by atoms with Gasteiger partial charge in [0.15, 0.2) is 5.75 Å². The maximum absolute atomic E-state index is 14.0. The van der Waals surface area contributed by atoms with Gasteiger partial charge in [0.05, 0.1) is 11.2 Å². The molecule has 0 aliphatic rings. The normalized spacial score (nSPS) is 10.9. The minimum absolute atomic E-state index is 0.0212. The van der Waals surface area contributed by atoms with Crippen molar-refractivity contribution >= 4 is 34.3 Å². The molecule has 30 heavy (non-hydrogen) atoms. The molecule has 0 fully saturated rings. The Morgan fingerprint density at radius 2 is 1.70 bits per heavy atom. The Morgan fingerprint density at radius 3 is 2.37 bits per heavy atom. The highest BCUT2D eigenvalue weighted by atomic mass is 35.5. The average molecular weight is 427 g/mol. The fraction of sp³-hybridized carbons (Fsp3) is 0. The number of benzene rings is 3. The van der Waals surface area contributed by atoms with Crippen molar-refractivity contribution in [3.63, 3.8) is 0 Å². The van der Waals surface area contributed by atoms with E-state index in [1.807, 2.05) is 0 Å². The van der Waals surface area contributed by atoms with Gasteiger partial charge in [-0.1, -0.05) is 35.9 Å². The summed E-state index contributed by atoms with van der Waals surface area (Å²) in [6.45, 7) is 0. The summed E-state index contributed by atoms with van der Waals surface area (Å²) in [6.07, 6.45) is -1.53. The third-order valence-corrected chi connectivity index (χ3v) is 4.76. The summed E-state index contributed by atoms with van der Waals surface area (Å²) < 4.78 is 32.1. The van der Waals surface area contributed by atoms with Crippen LogP contribution in [-0.4, -0.2) is 16.2 Å². The van der Waals surface area contributed by atoms with E-state index in [4.69, 9.17) is 27.2 Å². The smallest absolute Gasteiger partial charge is 0.449 e. The van der Waals surface area contributed by atoms with E-state index in [1.54, 1.807) is 36.4 Å². The predicted molar refractivity (Wildman–Crippen MR) is 111 cm³/mol. The van der Waals surface area contributed by atoms with Gasteiger partial charge in [0.2, 0.25) is 0 Å². The number of anilines is 1. The molecule has 0 unspecified atom stereocenters. The molecule has 3 N–H and O–H groups in total. The highest BCUT2D eigenvalue weighted by Crippen LogP contribution is 2.39. The van der Waals surface area contributed by atoms with Crippen LogP contribution in [0.15, 0.2) is 60.7 Å². The van der Waals surface area contributed by atoms with E-state index >= 15 is 0 Å². The molecular weight excluding hydrogens is 414 g/mol. The molecular formula is C22H13ClF2N2O3. The fourth-order valence-corrected chi connectivity index (χ4v) is 3.34. The highest BCUT2D eigenvalue weighted by molar-refractivity contribution is 6.31. The summed E-state index contributed by atoms with van der Waals surface area (Å²) in [4.78, 5) is 15.7. The van der Waals surface area contributed by atoms with Crippen LogP contribution in [0.3, 0.4) is 0 Å². The Labute approximate surface area is 174 Å². The summed E-state index contributed by atoms with van der Waals surface area (Å²) in [5, 5.41) is 9.83. The van der Waals surface area contributed by atoms with Gasteiger partial charge in [-0.3, -0.25) is 0 Å². The quantitative estimate of drug-likeness (QED) is 0.384. The molecule has 5 nitrogen and oxygen atoms in total. The number of carbonyl (C=O) groups is 1. The monoisotopic (exact) mass is 426 g/mol. The van der Waals surface area contributed by atoms with Gasteiger partial charge < -0.3 is 15.6 Å². The molecule has 4 rings (SSSR count). The van der Waals surface area contributed by atoms with Gasteiger partial charge in [-0.15, -0.1) is 0 Å². The van der Waals surface area contributed by atoms with Crippen molar-refractivity contribution in [2.75, 3.05) is 5.73 Å². The van der Waals surface area contributed by atoms with Crippen LogP contribution in [0.5, 0.6) is 5.75 Å². The molecule has 0 saturated heterocycles. The van der Waals surface area contributed by atoms with Crippen LogP contribution >= 0.6 is 11.6 Å². The van der Waals surface area contributed by atoms with Gasteiger partial charge in [0.25, 0.3) is 0 Å². The number of nitrogens with zero attached hydrogens (tertiary/aromatic N) is 1. The molecule has 0 aliphatic heterocycles. The molecule has 0 spiro atoms. The standard InChI is InChI=1S/C22H13ClF2N2O3/c23-13-5-8-18-16(9-13)21(30-22(28)29)19(26)20(27-18)12-3-1-11(2-4-12)15-7-6-14(24)10-17(15)25/h1-10H,26H2,(H,28,29). The first-order valence-corrected chi connectivity index (χ1v) is 9.06. The largest absolute Gasteiger partial charge is 0.511 e. The van der Waals surface area contributed by atoms with Crippen LogP contribution in [0.25, 0.3) is 33.3 Å². The zero-order valence-corrected chi connectivity index (χ0v) is 16.0. The molecule has 0 aliphatic carbocycles. The number of halogens is 3. The zero-order chi connectivity index (χ0) is 21.4. The molecule has 1 heterocycles. The Morgan fingerprint density at radius 1 is 1.00 bits per heavy atom. The molecule has 0 saturated carbocycles. The van der Waals surface area contributed by atoms with E-state index in [9.17, 15) is 13.6 Å². The number of aromatic nitrogens is 1. The number of pyridine rings is 1. The Bertz CT molecular complexity index is 1290. The first kappa shape index (κ1) is 19.6. The minimum Gasteiger partial charge on any atom is -0.449 e. The lowest BCUT2D eigenvalue weighted by Crippen LogP contribution is -2.07. The van der Waals surface area contributed by atoms with E-state index in [0.29, 0.717) is 32.7 Å². The zero-order valence-electron chi connectivity index (χ0n) is 15.2. The molecule has 8 heteroatoms.